The molecule has 3 rings (SSSR count). The summed E-state index contributed by atoms with van der Waals surface area (Å²) in [6, 6.07) is 1.95. The van der Waals surface area contributed by atoms with E-state index in [1.165, 1.54) is 38.5 Å². The number of rotatable bonds is 2. The molecule has 19 heavy (non-hydrogen) atoms. The van der Waals surface area contributed by atoms with Gasteiger partial charge < -0.3 is 4.90 Å². The number of hydrogen-bond acceptors (Lipinski definition) is 2. The van der Waals surface area contributed by atoms with Crippen molar-refractivity contribution in [3.8, 4) is 0 Å². The molecule has 0 bridgehead atoms. The molecule has 0 unspecified atom stereocenters. The first kappa shape index (κ1) is 13.5. The van der Waals surface area contributed by atoms with Crippen LogP contribution in [-0.2, 0) is 5.88 Å². The van der Waals surface area contributed by atoms with E-state index >= 15 is 0 Å². The Morgan fingerprint density at radius 1 is 1.21 bits per heavy atom. The van der Waals surface area contributed by atoms with Crippen molar-refractivity contribution in [3.63, 3.8) is 0 Å². The van der Waals surface area contributed by atoms with Gasteiger partial charge in [0.1, 0.15) is 5.82 Å². The Morgan fingerprint density at radius 2 is 2.00 bits per heavy atom. The van der Waals surface area contributed by atoms with Gasteiger partial charge in [0.15, 0.2) is 0 Å². The molecular formula is C15H20Cl2N2. The standard InChI is InChI=1S/C15H20Cl2N2/c16-9-12-8-13(17)14(18-10-12)19-7-6-15(11-19)4-2-1-3-5-15/h8,10H,1-7,9,11H2. The smallest absolute Gasteiger partial charge is 0.147 e. The molecule has 1 saturated carbocycles. The average molecular weight is 299 g/mol. The van der Waals surface area contributed by atoms with Gasteiger partial charge in [0, 0.05) is 25.2 Å². The van der Waals surface area contributed by atoms with Gasteiger partial charge in [-0.25, -0.2) is 4.98 Å². The van der Waals surface area contributed by atoms with E-state index in [2.05, 4.69) is 9.88 Å². The summed E-state index contributed by atoms with van der Waals surface area (Å²) in [6.45, 7) is 2.22. The normalized spacial score (nSPS) is 22.1. The lowest BCUT2D eigenvalue weighted by Gasteiger charge is -2.33. The molecular weight excluding hydrogens is 279 g/mol. The maximum atomic E-state index is 6.35. The molecule has 0 amide bonds. The van der Waals surface area contributed by atoms with Crippen molar-refractivity contribution >= 4 is 29.0 Å². The molecule has 104 valence electrons. The molecule has 1 spiro atoms. The van der Waals surface area contributed by atoms with Gasteiger partial charge in [0.25, 0.3) is 0 Å². The van der Waals surface area contributed by atoms with Crippen LogP contribution in [0.5, 0.6) is 0 Å². The van der Waals surface area contributed by atoms with E-state index in [-0.39, 0.29) is 0 Å². The van der Waals surface area contributed by atoms with Gasteiger partial charge in [0.2, 0.25) is 0 Å². The third kappa shape index (κ3) is 2.71. The van der Waals surface area contributed by atoms with Crippen molar-refractivity contribution in [3.05, 3.63) is 22.8 Å². The summed E-state index contributed by atoms with van der Waals surface area (Å²) in [7, 11) is 0. The molecule has 0 radical (unpaired) electrons. The topological polar surface area (TPSA) is 16.1 Å². The van der Waals surface area contributed by atoms with Crippen molar-refractivity contribution in [1.82, 2.24) is 4.98 Å². The molecule has 0 aromatic carbocycles. The fraction of sp³-hybridized carbons (Fsp3) is 0.667. The fourth-order valence-corrected chi connectivity index (χ4v) is 4.06. The summed E-state index contributed by atoms with van der Waals surface area (Å²) in [4.78, 5) is 6.89. The number of hydrogen-bond donors (Lipinski definition) is 0. The van der Waals surface area contributed by atoms with Gasteiger partial charge in [-0.05, 0) is 36.3 Å². The van der Waals surface area contributed by atoms with Crippen LogP contribution in [0.25, 0.3) is 0 Å². The number of pyridine rings is 1. The quantitative estimate of drug-likeness (QED) is 0.740. The van der Waals surface area contributed by atoms with Crippen LogP contribution in [0.2, 0.25) is 5.02 Å². The molecule has 0 N–H and O–H groups in total. The van der Waals surface area contributed by atoms with Crippen molar-refractivity contribution in [2.45, 2.75) is 44.4 Å². The Morgan fingerprint density at radius 3 is 2.68 bits per heavy atom. The third-order valence-corrected chi connectivity index (χ3v) is 5.27. The maximum absolute atomic E-state index is 6.35. The summed E-state index contributed by atoms with van der Waals surface area (Å²) in [5, 5.41) is 0.742. The molecule has 1 aliphatic heterocycles. The zero-order valence-corrected chi connectivity index (χ0v) is 12.7. The summed E-state index contributed by atoms with van der Waals surface area (Å²) >= 11 is 12.2. The average Bonchev–Trinajstić information content (AvgIpc) is 2.83. The zero-order chi connectivity index (χ0) is 13.3. The maximum Gasteiger partial charge on any atom is 0.147 e. The zero-order valence-electron chi connectivity index (χ0n) is 11.2. The predicted octanol–water partition coefficient (Wildman–Crippen LogP) is 4.63. The lowest BCUT2D eigenvalue weighted by molar-refractivity contribution is 0.219. The number of anilines is 1. The fourth-order valence-electron chi connectivity index (χ4n) is 3.60. The SMILES string of the molecule is ClCc1cnc(N2CCC3(CCCCC3)C2)c(Cl)c1. The van der Waals surface area contributed by atoms with Crippen molar-refractivity contribution in [2.24, 2.45) is 5.41 Å². The van der Waals surface area contributed by atoms with E-state index in [0.717, 1.165) is 29.5 Å². The first-order valence-electron chi connectivity index (χ1n) is 7.18. The van der Waals surface area contributed by atoms with Crippen molar-refractivity contribution < 1.29 is 0 Å². The highest BCUT2D eigenvalue weighted by atomic mass is 35.5. The molecule has 2 heterocycles. The van der Waals surface area contributed by atoms with E-state index in [0.29, 0.717) is 11.3 Å². The van der Waals surface area contributed by atoms with E-state index in [1.54, 1.807) is 0 Å². The highest BCUT2D eigenvalue weighted by Gasteiger charge is 2.39. The van der Waals surface area contributed by atoms with Gasteiger partial charge in [-0.1, -0.05) is 30.9 Å². The monoisotopic (exact) mass is 298 g/mol. The molecule has 2 fully saturated rings. The van der Waals surface area contributed by atoms with Gasteiger partial charge in [-0.2, -0.15) is 0 Å². The summed E-state index contributed by atoms with van der Waals surface area (Å²) in [5.41, 5.74) is 1.52. The number of nitrogens with zero attached hydrogens (tertiary/aromatic N) is 2. The van der Waals surface area contributed by atoms with Gasteiger partial charge in [0.05, 0.1) is 5.02 Å². The Kier molecular flexibility index (Phi) is 3.91. The molecule has 2 aliphatic rings. The van der Waals surface area contributed by atoms with E-state index < -0.39 is 0 Å². The van der Waals surface area contributed by atoms with Crippen molar-refractivity contribution in [2.75, 3.05) is 18.0 Å². The van der Waals surface area contributed by atoms with Crippen LogP contribution >= 0.6 is 23.2 Å². The molecule has 0 atom stereocenters. The van der Waals surface area contributed by atoms with Crippen LogP contribution < -0.4 is 4.90 Å². The Labute approximate surface area is 125 Å². The first-order valence-corrected chi connectivity index (χ1v) is 8.09. The Balaban J connectivity index is 1.77. The number of halogens is 2. The highest BCUT2D eigenvalue weighted by Crippen LogP contribution is 2.45. The first-order chi connectivity index (χ1) is 9.22. The largest absolute Gasteiger partial charge is 0.355 e. The molecule has 2 nitrogen and oxygen atoms in total. The van der Waals surface area contributed by atoms with Crippen LogP contribution in [0.1, 0.15) is 44.1 Å². The lowest BCUT2D eigenvalue weighted by atomic mass is 9.73. The minimum atomic E-state index is 0.469. The Hall–Kier alpha value is -0.470. The van der Waals surface area contributed by atoms with Gasteiger partial charge in [-0.15, -0.1) is 11.6 Å². The van der Waals surface area contributed by atoms with Crippen molar-refractivity contribution in [1.29, 1.82) is 0 Å². The molecule has 4 heteroatoms. The van der Waals surface area contributed by atoms with Crippen LogP contribution in [-0.4, -0.2) is 18.1 Å². The lowest BCUT2D eigenvalue weighted by Crippen LogP contribution is -2.29. The van der Waals surface area contributed by atoms with Crippen LogP contribution in [0.4, 0.5) is 5.82 Å². The third-order valence-electron chi connectivity index (χ3n) is 4.68. The van der Waals surface area contributed by atoms with E-state index in [1.807, 2.05) is 12.3 Å². The highest BCUT2D eigenvalue weighted by molar-refractivity contribution is 6.33. The second kappa shape index (κ2) is 5.49. The number of aromatic nitrogens is 1. The van der Waals surface area contributed by atoms with E-state index in [4.69, 9.17) is 23.2 Å². The molecule has 1 saturated heterocycles. The predicted molar refractivity (Wildman–Crippen MR) is 81.2 cm³/mol. The minimum absolute atomic E-state index is 0.469. The Bertz CT molecular complexity index is 455. The molecule has 1 aromatic heterocycles. The molecule has 1 aromatic rings. The second-order valence-electron chi connectivity index (χ2n) is 6.01. The number of alkyl halides is 1. The van der Waals surface area contributed by atoms with Crippen LogP contribution in [0.3, 0.4) is 0 Å². The van der Waals surface area contributed by atoms with Gasteiger partial charge >= 0.3 is 0 Å². The summed E-state index contributed by atoms with van der Waals surface area (Å²) < 4.78 is 0. The summed E-state index contributed by atoms with van der Waals surface area (Å²) in [6.07, 6.45) is 10.1. The van der Waals surface area contributed by atoms with Crippen LogP contribution in [0.15, 0.2) is 12.3 Å². The minimum Gasteiger partial charge on any atom is -0.355 e. The molecule has 1 aliphatic carbocycles. The van der Waals surface area contributed by atoms with Crippen LogP contribution in [0, 0.1) is 5.41 Å². The second-order valence-corrected chi connectivity index (χ2v) is 6.69. The summed E-state index contributed by atoms with van der Waals surface area (Å²) in [5.74, 6) is 1.41. The van der Waals surface area contributed by atoms with Gasteiger partial charge in [-0.3, -0.25) is 0 Å². The van der Waals surface area contributed by atoms with E-state index in [9.17, 15) is 0 Å².